The molecule has 0 saturated carbocycles. The van der Waals surface area contributed by atoms with Crippen molar-refractivity contribution in [3.63, 3.8) is 0 Å². The van der Waals surface area contributed by atoms with Crippen molar-refractivity contribution in [2.45, 2.75) is 6.04 Å². The molecule has 3 aromatic rings. The third-order valence-corrected chi connectivity index (χ3v) is 5.13. The van der Waals surface area contributed by atoms with E-state index in [0.717, 1.165) is 12.1 Å². The highest BCUT2D eigenvalue weighted by molar-refractivity contribution is 6.31. The second-order valence-corrected chi connectivity index (χ2v) is 6.79. The second-order valence-electron chi connectivity index (χ2n) is 6.38. The van der Waals surface area contributed by atoms with Crippen LogP contribution in [-0.4, -0.2) is 57.8 Å². The van der Waals surface area contributed by atoms with Crippen LogP contribution >= 0.6 is 11.6 Å². The largest absolute Gasteiger partial charge is 0.494 e. The molecule has 1 unspecified atom stereocenters. The predicted molar refractivity (Wildman–Crippen MR) is 104 cm³/mol. The zero-order valence-corrected chi connectivity index (χ0v) is 16.0. The minimum atomic E-state index is -0.145. The Hall–Kier alpha value is -2.97. The Kier molecular flexibility index (Phi) is 5.23. The Balaban J connectivity index is 1.70. The molecule has 1 aliphatic heterocycles. The summed E-state index contributed by atoms with van der Waals surface area (Å²) in [5.41, 5.74) is 2.06. The first-order valence-corrected chi connectivity index (χ1v) is 9.24. The molecule has 1 N–H and O–H groups in total. The third-order valence-electron chi connectivity index (χ3n) is 4.79. The van der Waals surface area contributed by atoms with Gasteiger partial charge in [0.2, 0.25) is 0 Å². The Morgan fingerprint density at radius 3 is 2.89 bits per heavy atom. The molecule has 0 spiro atoms. The monoisotopic (exact) mass is 398 g/mol. The van der Waals surface area contributed by atoms with Crippen LogP contribution in [0.15, 0.2) is 48.8 Å². The van der Waals surface area contributed by atoms with Crippen LogP contribution in [0.4, 0.5) is 0 Å². The molecule has 0 radical (unpaired) electrons. The van der Waals surface area contributed by atoms with Gasteiger partial charge in [0, 0.05) is 30.2 Å². The van der Waals surface area contributed by atoms with E-state index in [9.17, 15) is 4.79 Å². The van der Waals surface area contributed by atoms with Crippen molar-refractivity contribution in [2.75, 3.05) is 26.7 Å². The Bertz CT molecular complexity index is 978. The average Bonchev–Trinajstić information content (AvgIpc) is 3.28. The van der Waals surface area contributed by atoms with Gasteiger partial charge in [-0.1, -0.05) is 29.8 Å². The lowest BCUT2D eigenvalue weighted by Crippen LogP contribution is -2.48. The summed E-state index contributed by atoms with van der Waals surface area (Å²) in [4.78, 5) is 15.2. The number of carbonyl (C=O) groups is 1. The van der Waals surface area contributed by atoms with Crippen molar-refractivity contribution in [1.82, 2.24) is 30.4 Å². The van der Waals surface area contributed by atoms with Crippen LogP contribution in [0.2, 0.25) is 5.02 Å². The van der Waals surface area contributed by atoms with E-state index in [-0.39, 0.29) is 11.9 Å². The molecule has 1 aromatic heterocycles. The van der Waals surface area contributed by atoms with Gasteiger partial charge in [-0.2, -0.15) is 4.68 Å². The zero-order valence-electron chi connectivity index (χ0n) is 15.2. The van der Waals surface area contributed by atoms with Gasteiger partial charge in [-0.25, -0.2) is 0 Å². The van der Waals surface area contributed by atoms with Gasteiger partial charge in [-0.15, -0.1) is 5.10 Å². The van der Waals surface area contributed by atoms with E-state index in [0.29, 0.717) is 35.1 Å². The second kappa shape index (κ2) is 7.95. The maximum atomic E-state index is 13.4. The Morgan fingerprint density at radius 2 is 2.14 bits per heavy atom. The van der Waals surface area contributed by atoms with Crippen molar-refractivity contribution in [2.24, 2.45) is 0 Å². The van der Waals surface area contributed by atoms with Crippen molar-refractivity contribution in [1.29, 1.82) is 0 Å². The van der Waals surface area contributed by atoms with Crippen molar-refractivity contribution >= 4 is 17.5 Å². The highest BCUT2D eigenvalue weighted by Gasteiger charge is 2.30. The van der Waals surface area contributed by atoms with E-state index in [2.05, 4.69) is 20.8 Å². The van der Waals surface area contributed by atoms with Crippen molar-refractivity contribution < 1.29 is 9.53 Å². The lowest BCUT2D eigenvalue weighted by molar-refractivity contribution is 0.0634. The van der Waals surface area contributed by atoms with E-state index in [1.165, 1.54) is 11.0 Å². The van der Waals surface area contributed by atoms with Gasteiger partial charge in [0.15, 0.2) is 0 Å². The summed E-state index contributed by atoms with van der Waals surface area (Å²) < 4.78 is 6.86. The van der Waals surface area contributed by atoms with Crippen LogP contribution < -0.4 is 10.1 Å². The lowest BCUT2D eigenvalue weighted by atomic mass is 10.0. The summed E-state index contributed by atoms with van der Waals surface area (Å²) in [5, 5.41) is 15.2. The van der Waals surface area contributed by atoms with Crippen LogP contribution in [0.5, 0.6) is 5.75 Å². The normalized spacial score (nSPS) is 16.8. The first-order valence-electron chi connectivity index (χ1n) is 8.86. The number of tetrazole rings is 1. The fourth-order valence-electron chi connectivity index (χ4n) is 3.41. The molecule has 1 amide bonds. The van der Waals surface area contributed by atoms with E-state index < -0.39 is 0 Å². The van der Waals surface area contributed by atoms with Gasteiger partial charge in [0.05, 0.1) is 13.2 Å². The number of carbonyl (C=O) groups excluding carboxylic acids is 1. The lowest BCUT2D eigenvalue weighted by Gasteiger charge is -2.37. The first-order chi connectivity index (χ1) is 13.7. The number of methoxy groups -OCH3 is 1. The van der Waals surface area contributed by atoms with E-state index >= 15 is 0 Å². The van der Waals surface area contributed by atoms with Crippen LogP contribution in [0.3, 0.4) is 0 Å². The van der Waals surface area contributed by atoms with Gasteiger partial charge in [-0.05, 0) is 40.3 Å². The Morgan fingerprint density at radius 1 is 1.29 bits per heavy atom. The van der Waals surface area contributed by atoms with E-state index in [1.54, 1.807) is 25.3 Å². The maximum Gasteiger partial charge on any atom is 0.254 e. The topological polar surface area (TPSA) is 85.2 Å². The van der Waals surface area contributed by atoms with Crippen LogP contribution in [0, 0.1) is 0 Å². The smallest absolute Gasteiger partial charge is 0.254 e. The van der Waals surface area contributed by atoms with Crippen LogP contribution in [0.25, 0.3) is 5.69 Å². The summed E-state index contributed by atoms with van der Waals surface area (Å²) in [6, 6.07) is 12.7. The van der Waals surface area contributed by atoms with Gasteiger partial charge in [0.25, 0.3) is 5.91 Å². The van der Waals surface area contributed by atoms with Gasteiger partial charge in [-0.3, -0.25) is 4.79 Å². The van der Waals surface area contributed by atoms with Crippen LogP contribution in [0.1, 0.15) is 22.0 Å². The van der Waals surface area contributed by atoms with Crippen molar-refractivity contribution in [3.05, 3.63) is 64.9 Å². The molecule has 1 saturated heterocycles. The number of piperazine rings is 1. The number of aromatic nitrogens is 4. The van der Waals surface area contributed by atoms with Gasteiger partial charge >= 0.3 is 0 Å². The number of rotatable bonds is 4. The number of halogens is 1. The minimum absolute atomic E-state index is 0.0802. The third kappa shape index (κ3) is 3.44. The summed E-state index contributed by atoms with van der Waals surface area (Å²) in [5.74, 6) is 0.496. The molecule has 9 heteroatoms. The molecule has 0 aliphatic carbocycles. The van der Waals surface area contributed by atoms with E-state index in [4.69, 9.17) is 16.3 Å². The molecule has 2 aromatic carbocycles. The molecule has 28 heavy (non-hydrogen) atoms. The summed E-state index contributed by atoms with van der Waals surface area (Å²) in [6.45, 7) is 1.95. The number of nitrogens with zero attached hydrogens (tertiary/aromatic N) is 5. The SMILES string of the molecule is COc1ccc(C(=O)N2CCNCC2c2ccccc2Cl)cc1-n1cnnn1. The van der Waals surface area contributed by atoms with Gasteiger partial charge in [0.1, 0.15) is 17.8 Å². The number of nitrogens with one attached hydrogen (secondary N) is 1. The molecule has 2 heterocycles. The summed E-state index contributed by atoms with van der Waals surface area (Å²) in [7, 11) is 1.56. The fourth-order valence-corrected chi connectivity index (χ4v) is 3.67. The highest BCUT2D eigenvalue weighted by Crippen LogP contribution is 2.31. The quantitative estimate of drug-likeness (QED) is 0.724. The highest BCUT2D eigenvalue weighted by atomic mass is 35.5. The Labute approximate surface area is 167 Å². The van der Waals surface area contributed by atoms with Gasteiger partial charge < -0.3 is 15.0 Å². The molecule has 0 bridgehead atoms. The first kappa shape index (κ1) is 18.4. The molecule has 1 aliphatic rings. The number of hydrogen-bond acceptors (Lipinski definition) is 6. The molecular formula is C19H19ClN6O2. The average molecular weight is 399 g/mol. The van der Waals surface area contributed by atoms with Crippen LogP contribution in [-0.2, 0) is 0 Å². The molecular weight excluding hydrogens is 380 g/mol. The fraction of sp³-hybridized carbons (Fsp3) is 0.263. The molecule has 8 nitrogen and oxygen atoms in total. The number of amides is 1. The summed E-state index contributed by atoms with van der Waals surface area (Å²) in [6.07, 6.45) is 1.46. The minimum Gasteiger partial charge on any atom is -0.494 e. The number of benzene rings is 2. The molecule has 4 rings (SSSR count). The van der Waals surface area contributed by atoms with Crippen molar-refractivity contribution in [3.8, 4) is 11.4 Å². The molecule has 144 valence electrons. The molecule has 1 fully saturated rings. The van der Waals surface area contributed by atoms with E-state index in [1.807, 2.05) is 29.2 Å². The molecule has 1 atom stereocenters. The zero-order chi connectivity index (χ0) is 19.5. The predicted octanol–water partition coefficient (Wildman–Crippen LogP) is 2.11. The standard InChI is InChI=1S/C19H19ClN6O2/c1-28-18-7-6-13(10-16(18)26-12-22-23-24-26)19(27)25-9-8-21-11-17(25)14-4-2-3-5-15(14)20/h2-7,10,12,17,21H,8-9,11H2,1H3. The number of hydrogen-bond donors (Lipinski definition) is 1. The maximum absolute atomic E-state index is 13.4. The summed E-state index contributed by atoms with van der Waals surface area (Å²) >= 11 is 6.40. The number of ether oxygens (including phenoxy) is 1.